The van der Waals surface area contributed by atoms with E-state index in [1.165, 1.54) is 31.2 Å². The van der Waals surface area contributed by atoms with Gasteiger partial charge in [0.05, 0.1) is 0 Å². The van der Waals surface area contributed by atoms with Gasteiger partial charge in [-0.1, -0.05) is 50.6 Å². The highest BCUT2D eigenvalue weighted by atomic mass is 32.1. The molecule has 0 radical (unpaired) electrons. The summed E-state index contributed by atoms with van der Waals surface area (Å²) < 4.78 is 0. The Morgan fingerprint density at radius 1 is 1.11 bits per heavy atom. The van der Waals surface area contributed by atoms with Crippen LogP contribution in [0.5, 0.6) is 0 Å². The molecule has 0 saturated heterocycles. The second-order valence-corrected chi connectivity index (χ2v) is 4.70. The number of rotatable bonds is 4. The third-order valence-corrected chi connectivity index (χ3v) is 3.55. The lowest BCUT2D eigenvalue weighted by Crippen LogP contribution is -2.39. The summed E-state index contributed by atoms with van der Waals surface area (Å²) in [4.78, 5) is 0. The van der Waals surface area contributed by atoms with Crippen LogP contribution in [0.3, 0.4) is 0 Å². The van der Waals surface area contributed by atoms with Gasteiger partial charge in [0.15, 0.2) is 0 Å². The Kier molecular flexibility index (Phi) is 9.16. The average molecular weight is 269 g/mol. The van der Waals surface area contributed by atoms with Crippen molar-refractivity contribution in [3.05, 3.63) is 35.9 Å². The maximum atomic E-state index is 9.32. The second-order valence-electron chi connectivity index (χ2n) is 4.70. The van der Waals surface area contributed by atoms with Gasteiger partial charge in [-0.25, -0.2) is 0 Å². The number of aliphatic hydroxyl groups excluding tert-OH is 1. The zero-order chi connectivity index (χ0) is 11.2. The Balaban J connectivity index is 0.00000144. The third-order valence-electron chi connectivity index (χ3n) is 3.55. The van der Waals surface area contributed by atoms with E-state index >= 15 is 0 Å². The van der Waals surface area contributed by atoms with Gasteiger partial charge in [0.2, 0.25) is 0 Å². The topological polar surface area (TPSA) is 32.3 Å². The molecule has 2 rings (SSSR count). The molecule has 0 aliphatic heterocycles. The minimum atomic E-state index is 0. The normalized spacial score (nSPS) is 22.7. The van der Waals surface area contributed by atoms with Crippen LogP contribution in [0.1, 0.15) is 38.7 Å². The highest BCUT2D eigenvalue weighted by molar-refractivity contribution is 7.59. The van der Waals surface area contributed by atoms with Gasteiger partial charge < -0.3 is 10.4 Å². The summed E-state index contributed by atoms with van der Waals surface area (Å²) in [7, 11) is 0. The standard InChI is InChI=1S/C14H21NO.CH4.H2S/c16-11-13-8-4-5-9-14(13)15-10-12-6-2-1-3-7-12;;/h1-3,6-7,13-16H,4-5,8-11H2;1H4;1H2/t13-,14-;;/m0../s1. The van der Waals surface area contributed by atoms with Gasteiger partial charge in [0.25, 0.3) is 0 Å². The fourth-order valence-corrected chi connectivity index (χ4v) is 2.54. The summed E-state index contributed by atoms with van der Waals surface area (Å²) >= 11 is 0. The first kappa shape index (κ1) is 17.5. The first-order chi connectivity index (χ1) is 7.90. The highest BCUT2D eigenvalue weighted by Crippen LogP contribution is 2.24. The summed E-state index contributed by atoms with van der Waals surface area (Å²) in [5.74, 6) is 0.456. The molecule has 1 fully saturated rings. The van der Waals surface area contributed by atoms with Crippen molar-refractivity contribution in [3.8, 4) is 0 Å². The average Bonchev–Trinajstić information content (AvgIpc) is 2.38. The Morgan fingerprint density at radius 2 is 1.78 bits per heavy atom. The summed E-state index contributed by atoms with van der Waals surface area (Å²) in [5.41, 5.74) is 1.32. The van der Waals surface area contributed by atoms with Crippen LogP contribution in [0.15, 0.2) is 30.3 Å². The van der Waals surface area contributed by atoms with Gasteiger partial charge in [0, 0.05) is 19.2 Å². The van der Waals surface area contributed by atoms with E-state index in [4.69, 9.17) is 0 Å². The number of aliphatic hydroxyl groups is 1. The molecule has 0 aromatic heterocycles. The maximum absolute atomic E-state index is 9.32. The molecule has 1 aromatic carbocycles. The predicted molar refractivity (Wildman–Crippen MR) is 83.2 cm³/mol. The SMILES string of the molecule is C.OC[C@@H]1CCCC[C@@H]1NCc1ccccc1.S. The van der Waals surface area contributed by atoms with Crippen LogP contribution in [0.25, 0.3) is 0 Å². The third kappa shape index (κ3) is 5.01. The molecule has 3 heteroatoms. The van der Waals surface area contributed by atoms with Gasteiger partial charge in [-0.15, -0.1) is 0 Å². The van der Waals surface area contributed by atoms with Crippen LogP contribution in [-0.2, 0) is 6.54 Å². The molecule has 104 valence electrons. The maximum Gasteiger partial charge on any atom is 0.0474 e. The number of hydrogen-bond acceptors (Lipinski definition) is 2. The van der Waals surface area contributed by atoms with Gasteiger partial charge in [-0.3, -0.25) is 0 Å². The molecule has 0 amide bonds. The van der Waals surface area contributed by atoms with Crippen molar-refractivity contribution in [1.29, 1.82) is 0 Å². The van der Waals surface area contributed by atoms with Crippen LogP contribution in [0.2, 0.25) is 0 Å². The van der Waals surface area contributed by atoms with Gasteiger partial charge in [-0.05, 0) is 24.3 Å². The zero-order valence-electron chi connectivity index (χ0n) is 10.2. The highest BCUT2D eigenvalue weighted by Gasteiger charge is 2.23. The van der Waals surface area contributed by atoms with Crippen molar-refractivity contribution in [1.82, 2.24) is 5.32 Å². The smallest absolute Gasteiger partial charge is 0.0474 e. The number of nitrogens with one attached hydrogen (secondary N) is 1. The van der Waals surface area contributed by atoms with E-state index in [0.717, 1.165) is 6.54 Å². The Bertz CT molecular complexity index is 305. The molecule has 0 heterocycles. The molecular formula is C15H27NOS. The molecule has 1 saturated carbocycles. The monoisotopic (exact) mass is 269 g/mol. The van der Waals surface area contributed by atoms with Crippen molar-refractivity contribution in [2.75, 3.05) is 6.61 Å². The molecule has 1 aliphatic carbocycles. The molecule has 18 heavy (non-hydrogen) atoms. The first-order valence-electron chi connectivity index (χ1n) is 6.28. The van der Waals surface area contributed by atoms with E-state index in [1.54, 1.807) is 0 Å². The molecule has 0 unspecified atom stereocenters. The van der Waals surface area contributed by atoms with Crippen LogP contribution in [0.4, 0.5) is 0 Å². The Labute approximate surface area is 118 Å². The van der Waals surface area contributed by atoms with Crippen LogP contribution < -0.4 is 5.32 Å². The fraction of sp³-hybridized carbons (Fsp3) is 0.600. The molecule has 1 aromatic rings. The minimum Gasteiger partial charge on any atom is -0.396 e. The minimum absolute atomic E-state index is 0. The van der Waals surface area contributed by atoms with Crippen LogP contribution in [0, 0.1) is 5.92 Å². The zero-order valence-corrected chi connectivity index (χ0v) is 11.2. The number of benzene rings is 1. The molecule has 0 bridgehead atoms. The lowest BCUT2D eigenvalue weighted by atomic mass is 9.85. The molecule has 2 N–H and O–H groups in total. The predicted octanol–water partition coefficient (Wildman–Crippen LogP) is 3.08. The quantitative estimate of drug-likeness (QED) is 0.880. The van der Waals surface area contributed by atoms with Gasteiger partial charge in [-0.2, -0.15) is 13.5 Å². The molecule has 1 aliphatic rings. The van der Waals surface area contributed by atoms with Crippen LogP contribution >= 0.6 is 13.5 Å². The van der Waals surface area contributed by atoms with Gasteiger partial charge >= 0.3 is 0 Å². The molecule has 0 spiro atoms. The van der Waals surface area contributed by atoms with E-state index in [0.29, 0.717) is 18.6 Å². The Morgan fingerprint density at radius 3 is 2.44 bits per heavy atom. The lowest BCUT2D eigenvalue weighted by Gasteiger charge is -2.31. The van der Waals surface area contributed by atoms with Crippen molar-refractivity contribution in [2.45, 2.75) is 45.7 Å². The summed E-state index contributed by atoms with van der Waals surface area (Å²) in [5, 5.41) is 12.9. The van der Waals surface area contributed by atoms with Crippen molar-refractivity contribution in [2.24, 2.45) is 5.92 Å². The van der Waals surface area contributed by atoms with Crippen molar-refractivity contribution in [3.63, 3.8) is 0 Å². The van der Waals surface area contributed by atoms with E-state index in [-0.39, 0.29) is 20.9 Å². The second kappa shape index (κ2) is 9.42. The van der Waals surface area contributed by atoms with E-state index in [2.05, 4.69) is 29.6 Å². The van der Waals surface area contributed by atoms with E-state index in [9.17, 15) is 5.11 Å². The number of hydrogen-bond donors (Lipinski definition) is 2. The van der Waals surface area contributed by atoms with Gasteiger partial charge in [0.1, 0.15) is 0 Å². The van der Waals surface area contributed by atoms with Crippen molar-refractivity contribution < 1.29 is 5.11 Å². The van der Waals surface area contributed by atoms with Crippen molar-refractivity contribution >= 4 is 13.5 Å². The largest absolute Gasteiger partial charge is 0.396 e. The fourth-order valence-electron chi connectivity index (χ4n) is 2.54. The molecule has 2 nitrogen and oxygen atoms in total. The first-order valence-corrected chi connectivity index (χ1v) is 6.28. The van der Waals surface area contributed by atoms with E-state index in [1.807, 2.05) is 6.07 Å². The lowest BCUT2D eigenvalue weighted by molar-refractivity contribution is 0.152. The Hall–Kier alpha value is -0.510. The van der Waals surface area contributed by atoms with E-state index < -0.39 is 0 Å². The van der Waals surface area contributed by atoms with Crippen LogP contribution in [-0.4, -0.2) is 17.8 Å². The molecular weight excluding hydrogens is 242 g/mol. The summed E-state index contributed by atoms with van der Waals surface area (Å²) in [6, 6.07) is 11.0. The summed E-state index contributed by atoms with van der Waals surface area (Å²) in [6.45, 7) is 1.24. The summed E-state index contributed by atoms with van der Waals surface area (Å²) in [6.07, 6.45) is 4.94. The molecule has 2 atom stereocenters.